The second-order valence-corrected chi connectivity index (χ2v) is 9.34. The van der Waals surface area contributed by atoms with Crippen molar-refractivity contribution in [3.8, 4) is 6.07 Å². The number of hydrogen-bond donors (Lipinski definition) is 2. The number of carbonyl (C=O) groups excluding carboxylic acids is 1. The van der Waals surface area contributed by atoms with Crippen LogP contribution in [0, 0.1) is 11.3 Å². The predicted octanol–water partition coefficient (Wildman–Crippen LogP) is 5.68. The van der Waals surface area contributed by atoms with Crippen molar-refractivity contribution >= 4 is 28.2 Å². The Balaban J connectivity index is 1.19. The second kappa shape index (κ2) is 10.6. The van der Waals surface area contributed by atoms with E-state index in [9.17, 15) is 18.0 Å². The standard InChI is InChI=1S/C29H26F3N5O/c30-29(31,32)23-2-1-3-25(16-23)37-14-12-36(13-15-37)11-10-22-19-34-27-9-8-24(17-26(22)27)35-28(38)21-6-4-20(18-33)5-7-21/h1-9,16-17,19,34H,10-15H2,(H,35,38). The molecule has 0 atom stereocenters. The quantitative estimate of drug-likeness (QED) is 0.345. The van der Waals surface area contributed by atoms with E-state index in [2.05, 4.69) is 15.2 Å². The molecular formula is C29H26F3N5O. The van der Waals surface area contributed by atoms with Gasteiger partial charge in [-0.05, 0) is 72.6 Å². The van der Waals surface area contributed by atoms with Crippen LogP contribution in [0.5, 0.6) is 0 Å². The molecule has 0 spiro atoms. The number of carbonyl (C=O) groups is 1. The Kier molecular flexibility index (Phi) is 7.07. The molecule has 1 aliphatic rings. The smallest absolute Gasteiger partial charge is 0.369 e. The fourth-order valence-electron chi connectivity index (χ4n) is 4.75. The van der Waals surface area contributed by atoms with Crippen molar-refractivity contribution in [2.24, 2.45) is 0 Å². The number of nitrogens with zero attached hydrogens (tertiary/aromatic N) is 3. The van der Waals surface area contributed by atoms with E-state index < -0.39 is 11.7 Å². The lowest BCUT2D eigenvalue weighted by Crippen LogP contribution is -2.47. The minimum Gasteiger partial charge on any atom is -0.369 e. The van der Waals surface area contributed by atoms with Gasteiger partial charge in [-0.2, -0.15) is 18.4 Å². The number of benzene rings is 3. The summed E-state index contributed by atoms with van der Waals surface area (Å²) in [6.07, 6.45) is -1.56. The van der Waals surface area contributed by atoms with Gasteiger partial charge in [0.25, 0.3) is 5.91 Å². The largest absolute Gasteiger partial charge is 0.416 e. The van der Waals surface area contributed by atoms with Gasteiger partial charge in [-0.1, -0.05) is 6.07 Å². The van der Waals surface area contributed by atoms with Gasteiger partial charge in [0.15, 0.2) is 0 Å². The summed E-state index contributed by atoms with van der Waals surface area (Å²) < 4.78 is 39.2. The van der Waals surface area contributed by atoms with Crippen LogP contribution in [0.3, 0.4) is 0 Å². The molecule has 5 rings (SSSR count). The van der Waals surface area contributed by atoms with E-state index in [1.807, 2.05) is 35.4 Å². The first-order chi connectivity index (χ1) is 18.3. The number of nitrogens with one attached hydrogen (secondary N) is 2. The van der Waals surface area contributed by atoms with Gasteiger partial charge >= 0.3 is 6.18 Å². The van der Waals surface area contributed by atoms with Crippen molar-refractivity contribution in [2.45, 2.75) is 12.6 Å². The normalized spacial score (nSPS) is 14.4. The number of aromatic amines is 1. The van der Waals surface area contributed by atoms with Crippen molar-refractivity contribution in [3.05, 3.63) is 95.2 Å². The third kappa shape index (κ3) is 5.66. The number of alkyl halides is 3. The van der Waals surface area contributed by atoms with Crippen LogP contribution in [0.1, 0.15) is 27.0 Å². The van der Waals surface area contributed by atoms with E-state index in [4.69, 9.17) is 5.26 Å². The number of piperazine rings is 1. The van der Waals surface area contributed by atoms with Crippen molar-refractivity contribution in [3.63, 3.8) is 0 Å². The number of aromatic nitrogens is 1. The number of halogens is 3. The van der Waals surface area contributed by atoms with Crippen molar-refractivity contribution in [2.75, 3.05) is 42.9 Å². The van der Waals surface area contributed by atoms with Crippen molar-refractivity contribution in [1.82, 2.24) is 9.88 Å². The van der Waals surface area contributed by atoms with Gasteiger partial charge in [-0.15, -0.1) is 0 Å². The Bertz CT molecular complexity index is 1480. The number of H-pyrrole nitrogens is 1. The fourth-order valence-corrected chi connectivity index (χ4v) is 4.75. The average Bonchev–Trinajstić information content (AvgIpc) is 3.34. The van der Waals surface area contributed by atoms with Crippen LogP contribution in [0.15, 0.2) is 72.9 Å². The van der Waals surface area contributed by atoms with E-state index in [1.54, 1.807) is 30.3 Å². The molecule has 0 radical (unpaired) electrons. The van der Waals surface area contributed by atoms with E-state index in [1.165, 1.54) is 12.1 Å². The van der Waals surface area contributed by atoms with Gasteiger partial charge < -0.3 is 15.2 Å². The number of anilines is 2. The van der Waals surface area contributed by atoms with Gasteiger partial charge in [0.1, 0.15) is 0 Å². The molecule has 0 aliphatic carbocycles. The number of fused-ring (bicyclic) bond motifs is 1. The second-order valence-electron chi connectivity index (χ2n) is 9.34. The summed E-state index contributed by atoms with van der Waals surface area (Å²) in [6.45, 7) is 3.70. The minimum absolute atomic E-state index is 0.246. The Hall–Kier alpha value is -4.29. The summed E-state index contributed by atoms with van der Waals surface area (Å²) in [4.78, 5) is 20.2. The lowest BCUT2D eigenvalue weighted by molar-refractivity contribution is -0.137. The molecule has 0 saturated carbocycles. The van der Waals surface area contributed by atoms with Crippen molar-refractivity contribution < 1.29 is 18.0 Å². The summed E-state index contributed by atoms with van der Waals surface area (Å²) >= 11 is 0. The van der Waals surface area contributed by atoms with Crippen molar-refractivity contribution in [1.29, 1.82) is 5.26 Å². The Morgan fingerprint density at radius 2 is 1.76 bits per heavy atom. The van der Waals surface area contributed by atoms with Crippen LogP contribution in [0.25, 0.3) is 10.9 Å². The zero-order chi connectivity index (χ0) is 26.7. The van der Waals surface area contributed by atoms with Crippen LogP contribution in [-0.4, -0.2) is 48.5 Å². The summed E-state index contributed by atoms with van der Waals surface area (Å²) in [5.74, 6) is -0.246. The third-order valence-corrected chi connectivity index (χ3v) is 6.91. The van der Waals surface area contributed by atoms with E-state index in [-0.39, 0.29) is 5.91 Å². The van der Waals surface area contributed by atoms with E-state index >= 15 is 0 Å². The maximum atomic E-state index is 13.1. The summed E-state index contributed by atoms with van der Waals surface area (Å²) in [5, 5.41) is 12.9. The van der Waals surface area contributed by atoms with Crippen LogP contribution in [-0.2, 0) is 12.6 Å². The molecule has 1 aliphatic heterocycles. The highest BCUT2D eigenvalue weighted by molar-refractivity contribution is 6.05. The molecule has 1 amide bonds. The highest BCUT2D eigenvalue weighted by atomic mass is 19.4. The lowest BCUT2D eigenvalue weighted by Gasteiger charge is -2.36. The molecule has 194 valence electrons. The molecule has 9 heteroatoms. The average molecular weight is 518 g/mol. The first kappa shape index (κ1) is 25.4. The summed E-state index contributed by atoms with van der Waals surface area (Å²) in [6, 6.07) is 19.8. The molecule has 2 heterocycles. The zero-order valence-corrected chi connectivity index (χ0v) is 20.6. The Morgan fingerprint density at radius 3 is 2.47 bits per heavy atom. The number of nitriles is 1. The van der Waals surface area contributed by atoms with Crippen LogP contribution < -0.4 is 10.2 Å². The molecule has 0 unspecified atom stereocenters. The SMILES string of the molecule is N#Cc1ccc(C(=O)Nc2ccc3[nH]cc(CCN4CCN(c5cccc(C(F)(F)F)c5)CC4)c3c2)cc1. The monoisotopic (exact) mass is 517 g/mol. The fraction of sp³-hybridized carbons (Fsp3) is 0.241. The number of amides is 1. The molecule has 38 heavy (non-hydrogen) atoms. The van der Waals surface area contributed by atoms with E-state index in [0.717, 1.165) is 48.6 Å². The molecular weight excluding hydrogens is 491 g/mol. The van der Waals surface area contributed by atoms with Gasteiger partial charge in [0, 0.05) is 66.8 Å². The van der Waals surface area contributed by atoms with Crippen LogP contribution >= 0.6 is 0 Å². The molecule has 1 aromatic heterocycles. The van der Waals surface area contributed by atoms with Gasteiger partial charge in [-0.25, -0.2) is 0 Å². The zero-order valence-electron chi connectivity index (χ0n) is 20.6. The Morgan fingerprint density at radius 1 is 1.00 bits per heavy atom. The minimum atomic E-state index is -4.34. The van der Waals surface area contributed by atoms with Gasteiger partial charge in [0.2, 0.25) is 0 Å². The number of hydrogen-bond acceptors (Lipinski definition) is 4. The highest BCUT2D eigenvalue weighted by Gasteiger charge is 2.31. The molecule has 3 aromatic carbocycles. The first-order valence-electron chi connectivity index (χ1n) is 12.4. The predicted molar refractivity (Wildman–Crippen MR) is 141 cm³/mol. The number of rotatable bonds is 6. The van der Waals surface area contributed by atoms with E-state index in [0.29, 0.717) is 35.6 Å². The molecule has 1 saturated heterocycles. The third-order valence-electron chi connectivity index (χ3n) is 6.91. The van der Waals surface area contributed by atoms with Crippen LogP contribution in [0.4, 0.5) is 24.5 Å². The first-order valence-corrected chi connectivity index (χ1v) is 12.4. The van der Waals surface area contributed by atoms with Gasteiger partial charge in [0.05, 0.1) is 17.2 Å². The maximum Gasteiger partial charge on any atom is 0.416 e. The molecule has 6 nitrogen and oxygen atoms in total. The highest BCUT2D eigenvalue weighted by Crippen LogP contribution is 2.32. The van der Waals surface area contributed by atoms with Crippen LogP contribution in [0.2, 0.25) is 0 Å². The van der Waals surface area contributed by atoms with Gasteiger partial charge in [-0.3, -0.25) is 9.69 Å². The summed E-state index contributed by atoms with van der Waals surface area (Å²) in [7, 11) is 0. The summed E-state index contributed by atoms with van der Waals surface area (Å²) in [5.41, 5.74) is 3.75. The molecule has 1 fully saturated rings. The molecule has 4 aromatic rings. The molecule has 0 bridgehead atoms. The maximum absolute atomic E-state index is 13.1. The topological polar surface area (TPSA) is 75.2 Å². The Labute approximate surface area is 218 Å². The lowest BCUT2D eigenvalue weighted by atomic mass is 10.1. The molecule has 2 N–H and O–H groups in total.